The summed E-state index contributed by atoms with van der Waals surface area (Å²) in [5.74, 6) is 1.85. The van der Waals surface area contributed by atoms with Crippen molar-refractivity contribution in [3.63, 3.8) is 0 Å². The molecule has 0 saturated heterocycles. The maximum Gasteiger partial charge on any atom is 0.412 e. The molecule has 1 amide bonds. The van der Waals surface area contributed by atoms with Crippen molar-refractivity contribution in [3.05, 3.63) is 54.2 Å². The Morgan fingerprint density at radius 3 is 2.32 bits per heavy atom. The van der Waals surface area contributed by atoms with Gasteiger partial charge in [-0.15, -0.1) is 0 Å². The Hall–Kier alpha value is -4.38. The lowest BCUT2D eigenvalue weighted by molar-refractivity contribution is 0.0636. The van der Waals surface area contributed by atoms with E-state index < -0.39 is 17.9 Å². The number of ether oxygens (including phenoxy) is 3. The van der Waals surface area contributed by atoms with Crippen molar-refractivity contribution < 1.29 is 24.1 Å². The molecule has 3 aromatic rings. The highest BCUT2D eigenvalue weighted by atomic mass is 16.6. The van der Waals surface area contributed by atoms with Gasteiger partial charge in [0.05, 0.1) is 37.5 Å². The van der Waals surface area contributed by atoms with Crippen molar-refractivity contribution in [2.45, 2.75) is 32.6 Å². The largest absolute Gasteiger partial charge is 0.497 e. The predicted octanol–water partition coefficient (Wildman–Crippen LogP) is 4.47. The van der Waals surface area contributed by atoms with E-state index in [0.29, 0.717) is 45.7 Å². The van der Waals surface area contributed by atoms with Gasteiger partial charge in [0.25, 0.3) is 0 Å². The van der Waals surface area contributed by atoms with Gasteiger partial charge < -0.3 is 29.5 Å². The summed E-state index contributed by atoms with van der Waals surface area (Å²) in [7, 11) is 4.83. The van der Waals surface area contributed by atoms with E-state index in [9.17, 15) is 9.90 Å². The molecule has 0 bridgehead atoms. The fraction of sp³-hybridized carbons (Fsp3) is 0.308. The molecule has 0 saturated carbocycles. The van der Waals surface area contributed by atoms with Crippen LogP contribution in [-0.2, 0) is 4.74 Å². The highest BCUT2D eigenvalue weighted by Crippen LogP contribution is 2.35. The number of fused-ring (bicyclic) bond motifs is 1. The Labute approximate surface area is 215 Å². The molecule has 1 unspecified atom stereocenters. The number of carbonyl (C=O) groups is 1. The summed E-state index contributed by atoms with van der Waals surface area (Å²) in [6, 6.07) is 12.4. The minimum absolute atomic E-state index is 0.262. The zero-order chi connectivity index (χ0) is 26.7. The van der Waals surface area contributed by atoms with Crippen molar-refractivity contribution in [2.24, 2.45) is 4.99 Å². The number of benzene rings is 2. The fourth-order valence-electron chi connectivity index (χ4n) is 3.66. The average molecular weight is 507 g/mol. The number of nitrogens with zero attached hydrogens (tertiary/aromatic N) is 4. The van der Waals surface area contributed by atoms with E-state index in [0.717, 1.165) is 0 Å². The Kier molecular flexibility index (Phi) is 7.16. The van der Waals surface area contributed by atoms with Gasteiger partial charge in [-0.1, -0.05) is 12.1 Å². The zero-order valence-electron chi connectivity index (χ0n) is 21.6. The molecule has 0 fully saturated rings. The number of hydrogen-bond acceptors (Lipinski definition) is 10. The van der Waals surface area contributed by atoms with Gasteiger partial charge in [0.1, 0.15) is 22.8 Å². The van der Waals surface area contributed by atoms with Crippen LogP contribution < -0.4 is 25.0 Å². The number of anilines is 4. The number of para-hydroxylation sites is 2. The van der Waals surface area contributed by atoms with Gasteiger partial charge in [-0.05, 0) is 45.0 Å². The van der Waals surface area contributed by atoms with Crippen LogP contribution in [0.25, 0.3) is 0 Å². The highest BCUT2D eigenvalue weighted by molar-refractivity contribution is 6.09. The third-order valence-electron chi connectivity index (χ3n) is 5.39. The number of rotatable bonds is 6. The number of aromatic nitrogens is 2. The van der Waals surface area contributed by atoms with Crippen LogP contribution in [-0.4, -0.2) is 60.0 Å². The summed E-state index contributed by atoms with van der Waals surface area (Å²) < 4.78 is 16.1. The number of amides is 1. The summed E-state index contributed by atoms with van der Waals surface area (Å²) in [6.07, 6.45) is -0.0888. The Morgan fingerprint density at radius 1 is 1.05 bits per heavy atom. The third kappa shape index (κ3) is 5.89. The van der Waals surface area contributed by atoms with E-state index in [2.05, 4.69) is 25.6 Å². The van der Waals surface area contributed by atoms with E-state index in [1.165, 1.54) is 0 Å². The lowest BCUT2D eigenvalue weighted by atomic mass is 10.1. The van der Waals surface area contributed by atoms with Crippen LogP contribution in [0.1, 0.15) is 26.3 Å². The number of methoxy groups -OCH3 is 2. The molecular weight excluding hydrogens is 476 g/mol. The van der Waals surface area contributed by atoms with Crippen molar-refractivity contribution in [1.82, 2.24) is 9.97 Å². The van der Waals surface area contributed by atoms with E-state index >= 15 is 0 Å². The molecule has 0 radical (unpaired) electrons. The van der Waals surface area contributed by atoms with Gasteiger partial charge >= 0.3 is 6.09 Å². The first-order chi connectivity index (χ1) is 17.6. The molecule has 1 aliphatic heterocycles. The van der Waals surface area contributed by atoms with Crippen LogP contribution in [0.4, 0.5) is 33.6 Å². The first-order valence-corrected chi connectivity index (χ1v) is 11.5. The number of aliphatic hydroxyl groups is 1. The molecule has 3 N–H and O–H groups in total. The second-order valence-electron chi connectivity index (χ2n) is 9.28. The number of aliphatic hydroxyl groups excluding tert-OH is 1. The number of nitrogens with one attached hydrogen (secondary N) is 2. The molecule has 1 atom stereocenters. The summed E-state index contributed by atoms with van der Waals surface area (Å²) in [5.41, 5.74) is 1.97. The Balaban J connectivity index is 1.62. The van der Waals surface area contributed by atoms with Crippen LogP contribution in [0.5, 0.6) is 11.5 Å². The first-order valence-electron chi connectivity index (χ1n) is 11.5. The van der Waals surface area contributed by atoms with Crippen molar-refractivity contribution in [1.29, 1.82) is 0 Å². The molecule has 2 aromatic carbocycles. The highest BCUT2D eigenvalue weighted by Gasteiger charge is 2.29. The van der Waals surface area contributed by atoms with E-state index in [1.54, 1.807) is 89.5 Å². The summed E-state index contributed by atoms with van der Waals surface area (Å²) in [6.45, 7) is 5.38. The quantitative estimate of drug-likeness (QED) is 0.443. The first kappa shape index (κ1) is 25.7. The molecule has 11 nitrogen and oxygen atoms in total. The normalized spacial score (nSPS) is 14.8. The smallest absolute Gasteiger partial charge is 0.412 e. The van der Waals surface area contributed by atoms with Gasteiger partial charge in [0.15, 0.2) is 12.0 Å². The van der Waals surface area contributed by atoms with Crippen molar-refractivity contribution in [3.8, 4) is 11.5 Å². The Morgan fingerprint density at radius 2 is 1.70 bits per heavy atom. The lowest BCUT2D eigenvalue weighted by Gasteiger charge is -2.31. The standard InChI is InChI=1S/C26H30N6O5/c1-26(2,3)37-25(34)30-19-10-8-7-9-18(19)29-24-27-14-20-22(31-24)32(4)23(33)21(28-20)15-11-16(35-5)13-17(12-15)36-6/h7-14,23,33H,1-6H3,(H,30,34)(H,27,29,31). The van der Waals surface area contributed by atoms with Crippen LogP contribution in [0.15, 0.2) is 53.7 Å². The zero-order valence-corrected chi connectivity index (χ0v) is 21.6. The molecule has 11 heteroatoms. The number of hydrogen-bond donors (Lipinski definition) is 3. The van der Waals surface area contributed by atoms with Gasteiger partial charge in [-0.2, -0.15) is 4.98 Å². The molecule has 2 heterocycles. The molecule has 4 rings (SSSR count). The molecule has 1 aromatic heterocycles. The summed E-state index contributed by atoms with van der Waals surface area (Å²) >= 11 is 0. The summed E-state index contributed by atoms with van der Waals surface area (Å²) in [5, 5.41) is 16.9. The number of carbonyl (C=O) groups excluding carboxylic acids is 1. The maximum atomic E-state index is 12.3. The SMILES string of the molecule is COc1cc(OC)cc(C2=Nc3cnc(Nc4ccccc4NC(=O)OC(C)(C)C)nc3N(C)C2O)c1. The van der Waals surface area contributed by atoms with Gasteiger partial charge in [-0.3, -0.25) is 5.32 Å². The fourth-order valence-corrected chi connectivity index (χ4v) is 3.66. The molecule has 194 valence electrons. The summed E-state index contributed by atoms with van der Waals surface area (Å²) in [4.78, 5) is 27.4. The molecular formula is C26H30N6O5. The number of likely N-dealkylation sites (N-methyl/N-ethyl adjacent to an activating group) is 1. The van der Waals surface area contributed by atoms with E-state index in [4.69, 9.17) is 14.2 Å². The van der Waals surface area contributed by atoms with E-state index in [-0.39, 0.29) is 5.95 Å². The topological polar surface area (TPSA) is 130 Å². The molecule has 0 aliphatic carbocycles. The molecule has 0 spiro atoms. The van der Waals surface area contributed by atoms with Crippen LogP contribution >= 0.6 is 0 Å². The minimum atomic E-state index is -1.08. The number of aliphatic imine (C=N–C) groups is 1. The second kappa shape index (κ2) is 10.3. The maximum absolute atomic E-state index is 12.3. The van der Waals surface area contributed by atoms with Gasteiger partial charge in [0.2, 0.25) is 5.95 Å². The third-order valence-corrected chi connectivity index (χ3v) is 5.39. The van der Waals surface area contributed by atoms with Crippen molar-refractivity contribution in [2.75, 3.05) is 36.8 Å². The lowest BCUT2D eigenvalue weighted by Crippen LogP contribution is -2.41. The Bertz CT molecular complexity index is 1320. The van der Waals surface area contributed by atoms with Crippen LogP contribution in [0, 0.1) is 0 Å². The van der Waals surface area contributed by atoms with E-state index in [1.807, 2.05) is 6.07 Å². The predicted molar refractivity (Wildman–Crippen MR) is 142 cm³/mol. The van der Waals surface area contributed by atoms with Gasteiger partial charge in [-0.25, -0.2) is 14.8 Å². The second-order valence-corrected chi connectivity index (χ2v) is 9.28. The van der Waals surface area contributed by atoms with Crippen molar-refractivity contribution >= 4 is 40.6 Å². The van der Waals surface area contributed by atoms with Crippen LogP contribution in [0.2, 0.25) is 0 Å². The van der Waals surface area contributed by atoms with Gasteiger partial charge in [0, 0.05) is 18.7 Å². The molecule has 37 heavy (non-hydrogen) atoms. The van der Waals surface area contributed by atoms with Crippen LogP contribution in [0.3, 0.4) is 0 Å². The minimum Gasteiger partial charge on any atom is -0.497 e. The molecule has 1 aliphatic rings. The average Bonchev–Trinajstić information content (AvgIpc) is 2.86. The monoisotopic (exact) mass is 506 g/mol.